The van der Waals surface area contributed by atoms with E-state index in [-0.39, 0.29) is 0 Å². The molecule has 4 heteroatoms. The van der Waals surface area contributed by atoms with Gasteiger partial charge in [0.1, 0.15) is 0 Å². The molecule has 0 aromatic carbocycles. The number of piperazine rings is 1. The smallest absolute Gasteiger partial charge is 0.223 e. The van der Waals surface area contributed by atoms with Crippen LogP contribution in [-0.2, 0) is 4.79 Å². The molecule has 1 unspecified atom stereocenters. The largest absolute Gasteiger partial charge is 0.340 e. The molecule has 0 aromatic rings. The lowest BCUT2D eigenvalue weighted by Gasteiger charge is -2.40. The maximum Gasteiger partial charge on any atom is 0.223 e. The van der Waals surface area contributed by atoms with Gasteiger partial charge in [-0.05, 0) is 32.5 Å². The Balaban J connectivity index is 1.81. The van der Waals surface area contributed by atoms with Crippen molar-refractivity contribution in [3.63, 3.8) is 0 Å². The van der Waals surface area contributed by atoms with Gasteiger partial charge in [-0.25, -0.2) is 0 Å². The van der Waals surface area contributed by atoms with E-state index in [9.17, 15) is 4.79 Å². The minimum absolute atomic E-state index is 0.359. The molecular weight excluding hydrogens is 202 g/mol. The zero-order valence-electron chi connectivity index (χ0n) is 10.4. The van der Waals surface area contributed by atoms with E-state index in [1.165, 1.54) is 0 Å². The number of carbonyl (C=O) groups excluding carboxylic acids is 1. The number of nitrogens with zero attached hydrogens (tertiary/aromatic N) is 2. The SMILES string of the molecule is CCC1CN(C(=O)CC2CNC2)CCN1C. The summed E-state index contributed by atoms with van der Waals surface area (Å²) >= 11 is 0. The van der Waals surface area contributed by atoms with Crippen molar-refractivity contribution in [3.8, 4) is 0 Å². The van der Waals surface area contributed by atoms with E-state index < -0.39 is 0 Å². The van der Waals surface area contributed by atoms with Crippen LogP contribution in [0.15, 0.2) is 0 Å². The standard InChI is InChI=1S/C12H23N3O/c1-3-11-9-15(5-4-14(11)2)12(16)6-10-7-13-8-10/h10-11,13H,3-9H2,1-2H3. The lowest BCUT2D eigenvalue weighted by molar-refractivity contribution is -0.135. The fourth-order valence-electron chi connectivity index (χ4n) is 2.48. The highest BCUT2D eigenvalue weighted by molar-refractivity contribution is 5.76. The van der Waals surface area contributed by atoms with Crippen LogP contribution in [0.5, 0.6) is 0 Å². The van der Waals surface area contributed by atoms with E-state index >= 15 is 0 Å². The predicted octanol–water partition coefficient (Wildman–Crippen LogP) is 0.149. The molecule has 1 amide bonds. The third kappa shape index (κ3) is 2.55. The van der Waals surface area contributed by atoms with Crippen molar-refractivity contribution in [2.45, 2.75) is 25.8 Å². The van der Waals surface area contributed by atoms with Gasteiger partial charge in [0.05, 0.1) is 0 Å². The number of nitrogens with one attached hydrogen (secondary N) is 1. The van der Waals surface area contributed by atoms with E-state index in [1.54, 1.807) is 0 Å². The maximum atomic E-state index is 12.0. The third-order valence-corrected chi connectivity index (χ3v) is 3.93. The zero-order valence-corrected chi connectivity index (χ0v) is 10.4. The Morgan fingerprint density at radius 3 is 2.69 bits per heavy atom. The number of likely N-dealkylation sites (N-methyl/N-ethyl adjacent to an activating group) is 1. The lowest BCUT2D eigenvalue weighted by atomic mass is 9.98. The first-order valence-electron chi connectivity index (χ1n) is 6.39. The van der Waals surface area contributed by atoms with Crippen LogP contribution in [0, 0.1) is 5.92 Å². The molecule has 2 fully saturated rings. The summed E-state index contributed by atoms with van der Waals surface area (Å²) in [7, 11) is 2.16. The van der Waals surface area contributed by atoms with Crippen LogP contribution in [-0.4, -0.2) is 61.5 Å². The molecule has 2 rings (SSSR count). The monoisotopic (exact) mass is 225 g/mol. The van der Waals surface area contributed by atoms with E-state index in [0.717, 1.165) is 45.6 Å². The number of rotatable bonds is 3. The van der Waals surface area contributed by atoms with Gasteiger partial charge in [-0.3, -0.25) is 9.69 Å². The summed E-state index contributed by atoms with van der Waals surface area (Å²) in [6.45, 7) is 7.10. The van der Waals surface area contributed by atoms with Crippen LogP contribution in [0.1, 0.15) is 19.8 Å². The first-order chi connectivity index (χ1) is 7.70. The quantitative estimate of drug-likeness (QED) is 0.742. The minimum Gasteiger partial charge on any atom is -0.340 e. The second kappa shape index (κ2) is 5.15. The molecular formula is C12H23N3O. The predicted molar refractivity (Wildman–Crippen MR) is 64.3 cm³/mol. The Kier molecular flexibility index (Phi) is 3.82. The average Bonchev–Trinajstić information content (AvgIpc) is 2.24. The summed E-state index contributed by atoms with van der Waals surface area (Å²) in [6, 6.07) is 0.553. The molecule has 0 bridgehead atoms. The zero-order chi connectivity index (χ0) is 11.5. The van der Waals surface area contributed by atoms with Gasteiger partial charge in [0.25, 0.3) is 0 Å². The van der Waals surface area contributed by atoms with Crippen LogP contribution in [0.2, 0.25) is 0 Å². The first kappa shape index (κ1) is 11.9. The number of hydrogen-bond acceptors (Lipinski definition) is 3. The molecule has 1 atom stereocenters. The molecule has 0 radical (unpaired) electrons. The van der Waals surface area contributed by atoms with Crippen molar-refractivity contribution in [3.05, 3.63) is 0 Å². The van der Waals surface area contributed by atoms with Crippen molar-refractivity contribution in [2.24, 2.45) is 5.92 Å². The highest BCUT2D eigenvalue weighted by atomic mass is 16.2. The normalized spacial score (nSPS) is 27.9. The summed E-state index contributed by atoms with van der Waals surface area (Å²) in [5.74, 6) is 0.949. The fourth-order valence-corrected chi connectivity index (χ4v) is 2.48. The summed E-state index contributed by atoms with van der Waals surface area (Å²) in [5.41, 5.74) is 0. The van der Waals surface area contributed by atoms with E-state index in [1.807, 2.05) is 0 Å². The van der Waals surface area contributed by atoms with Gasteiger partial charge in [-0.2, -0.15) is 0 Å². The second-order valence-electron chi connectivity index (χ2n) is 5.11. The summed E-state index contributed by atoms with van der Waals surface area (Å²) < 4.78 is 0. The number of amides is 1. The highest BCUT2D eigenvalue weighted by Gasteiger charge is 2.28. The molecule has 2 heterocycles. The van der Waals surface area contributed by atoms with Gasteiger partial charge in [0.15, 0.2) is 0 Å². The van der Waals surface area contributed by atoms with Crippen LogP contribution in [0.4, 0.5) is 0 Å². The molecule has 16 heavy (non-hydrogen) atoms. The van der Waals surface area contributed by atoms with Crippen molar-refractivity contribution in [1.29, 1.82) is 0 Å². The maximum absolute atomic E-state index is 12.0. The average molecular weight is 225 g/mol. The van der Waals surface area contributed by atoms with Crippen LogP contribution >= 0.6 is 0 Å². The first-order valence-corrected chi connectivity index (χ1v) is 6.39. The molecule has 0 aliphatic carbocycles. The van der Waals surface area contributed by atoms with E-state index in [2.05, 4.69) is 29.1 Å². The van der Waals surface area contributed by atoms with Gasteiger partial charge < -0.3 is 10.2 Å². The molecule has 2 saturated heterocycles. The third-order valence-electron chi connectivity index (χ3n) is 3.93. The van der Waals surface area contributed by atoms with E-state index in [0.29, 0.717) is 17.9 Å². The molecule has 2 aliphatic heterocycles. The summed E-state index contributed by atoms with van der Waals surface area (Å²) in [6.07, 6.45) is 1.87. The van der Waals surface area contributed by atoms with Crippen LogP contribution < -0.4 is 5.32 Å². The topological polar surface area (TPSA) is 35.6 Å². The number of hydrogen-bond donors (Lipinski definition) is 1. The highest BCUT2D eigenvalue weighted by Crippen LogP contribution is 2.15. The Morgan fingerprint density at radius 2 is 2.12 bits per heavy atom. The molecule has 0 aromatic heterocycles. The van der Waals surface area contributed by atoms with Gasteiger partial charge in [0, 0.05) is 32.1 Å². The molecule has 4 nitrogen and oxygen atoms in total. The molecule has 2 aliphatic rings. The Labute approximate surface area is 98.0 Å². The lowest BCUT2D eigenvalue weighted by Crippen LogP contribution is -2.54. The number of carbonyl (C=O) groups is 1. The molecule has 0 spiro atoms. The van der Waals surface area contributed by atoms with Crippen LogP contribution in [0.25, 0.3) is 0 Å². The van der Waals surface area contributed by atoms with Crippen molar-refractivity contribution in [1.82, 2.24) is 15.1 Å². The van der Waals surface area contributed by atoms with Crippen molar-refractivity contribution < 1.29 is 4.79 Å². The molecule has 1 N–H and O–H groups in total. The van der Waals surface area contributed by atoms with Gasteiger partial charge in [-0.15, -0.1) is 0 Å². The molecule has 0 saturated carbocycles. The summed E-state index contributed by atoms with van der Waals surface area (Å²) in [5, 5.41) is 3.22. The summed E-state index contributed by atoms with van der Waals surface area (Å²) in [4.78, 5) is 16.5. The Bertz CT molecular complexity index is 253. The van der Waals surface area contributed by atoms with Crippen molar-refractivity contribution in [2.75, 3.05) is 39.8 Å². The molecule has 92 valence electrons. The van der Waals surface area contributed by atoms with Gasteiger partial charge in [0.2, 0.25) is 5.91 Å². The van der Waals surface area contributed by atoms with Gasteiger partial charge in [-0.1, -0.05) is 6.92 Å². The minimum atomic E-state index is 0.359. The van der Waals surface area contributed by atoms with Crippen LogP contribution in [0.3, 0.4) is 0 Å². The van der Waals surface area contributed by atoms with E-state index in [4.69, 9.17) is 0 Å². The Hall–Kier alpha value is -0.610. The van der Waals surface area contributed by atoms with Gasteiger partial charge >= 0.3 is 0 Å². The Morgan fingerprint density at radius 1 is 1.38 bits per heavy atom. The van der Waals surface area contributed by atoms with Crippen molar-refractivity contribution >= 4 is 5.91 Å². The second-order valence-corrected chi connectivity index (χ2v) is 5.11. The fraction of sp³-hybridized carbons (Fsp3) is 0.917.